The number of hydrogen-bond donors (Lipinski definition) is 0. The molecule has 0 N–H and O–H groups in total. The molecule has 8 heteroatoms. The van der Waals surface area contributed by atoms with Crippen LogP contribution in [0.25, 0.3) is 0 Å². The van der Waals surface area contributed by atoms with Crippen LogP contribution in [0.1, 0.15) is 0 Å². The van der Waals surface area contributed by atoms with E-state index in [0.29, 0.717) is 12.1 Å². The lowest BCUT2D eigenvalue weighted by Crippen LogP contribution is -2.27. The normalized spacial score (nSPS) is 11.4. The molecule has 0 saturated heterocycles. The van der Waals surface area contributed by atoms with Crippen LogP contribution in [0.15, 0.2) is 11.1 Å². The molecule has 0 rings (SSSR count). The van der Waals surface area contributed by atoms with Crippen molar-refractivity contribution in [3.63, 3.8) is 0 Å². The van der Waals surface area contributed by atoms with E-state index in [9.17, 15) is 26.3 Å². The summed E-state index contributed by atoms with van der Waals surface area (Å²) < 4.78 is 70.6. The Hall–Kier alpha value is -1.70. The van der Waals surface area contributed by atoms with Gasteiger partial charge in [0.25, 0.3) is 0 Å². The summed E-state index contributed by atoms with van der Waals surface area (Å²) in [6, 6.07) is 1.09. The second-order valence-corrected chi connectivity index (χ2v) is 1.97. The highest BCUT2D eigenvalue weighted by atomic mass is 19.4. The summed E-state index contributed by atoms with van der Waals surface area (Å²) in [5.41, 5.74) is -5.07. The molecule has 0 radical (unpaired) electrons. The average Bonchev–Trinajstić information content (AvgIpc) is 1.94. The van der Waals surface area contributed by atoms with E-state index in [1.54, 1.807) is 0 Å². The zero-order valence-corrected chi connectivity index (χ0v) is 6.16. The number of hydrogen-bond acceptors (Lipinski definition) is 2. The van der Waals surface area contributed by atoms with E-state index in [2.05, 4.69) is 0 Å². The van der Waals surface area contributed by atoms with E-state index in [0.717, 1.165) is 0 Å². The summed E-state index contributed by atoms with van der Waals surface area (Å²) in [5, 5.41) is 15.8. The molecule has 0 unspecified atom stereocenters. The van der Waals surface area contributed by atoms with Gasteiger partial charge in [0.1, 0.15) is 17.7 Å². The van der Waals surface area contributed by atoms with Crippen molar-refractivity contribution >= 4 is 0 Å². The monoisotopic (exact) mass is 214 g/mol. The second kappa shape index (κ2) is 3.58. The largest absolute Gasteiger partial charge is 0.423 e. The third-order valence-corrected chi connectivity index (χ3v) is 1.04. The topological polar surface area (TPSA) is 47.6 Å². The second-order valence-electron chi connectivity index (χ2n) is 1.97. The predicted octanol–water partition coefficient (Wildman–Crippen LogP) is 2.45. The first-order valence-electron chi connectivity index (χ1n) is 2.83. The van der Waals surface area contributed by atoms with Crippen LogP contribution in [-0.2, 0) is 0 Å². The molecule has 0 saturated carbocycles. The van der Waals surface area contributed by atoms with Gasteiger partial charge in [0.15, 0.2) is 5.57 Å². The summed E-state index contributed by atoms with van der Waals surface area (Å²) in [6.07, 6.45) is -11.5. The van der Waals surface area contributed by atoms with Crippen LogP contribution in [0.3, 0.4) is 0 Å². The van der Waals surface area contributed by atoms with E-state index in [1.807, 2.05) is 0 Å². The van der Waals surface area contributed by atoms with E-state index in [-0.39, 0.29) is 0 Å². The van der Waals surface area contributed by atoms with Crippen molar-refractivity contribution in [3.05, 3.63) is 11.1 Å². The molecule has 0 fully saturated rings. The highest BCUT2D eigenvalue weighted by molar-refractivity contribution is 5.44. The molecule has 2 nitrogen and oxygen atoms in total. The molecule has 14 heavy (non-hydrogen) atoms. The maximum Gasteiger partial charge on any atom is 0.423 e. The van der Waals surface area contributed by atoms with Crippen molar-refractivity contribution in [1.29, 1.82) is 10.5 Å². The maximum atomic E-state index is 11.8. The van der Waals surface area contributed by atoms with Crippen LogP contribution in [0.4, 0.5) is 26.3 Å². The molecule has 76 valence electrons. The Morgan fingerprint density at radius 1 is 0.786 bits per heavy atom. The highest BCUT2D eigenvalue weighted by Crippen LogP contribution is 2.40. The molecule has 0 heterocycles. The number of nitrogens with zero attached hydrogens (tertiary/aromatic N) is 2. The predicted molar refractivity (Wildman–Crippen MR) is 30.4 cm³/mol. The van der Waals surface area contributed by atoms with Gasteiger partial charge < -0.3 is 0 Å². The fourth-order valence-corrected chi connectivity index (χ4v) is 0.581. The third kappa shape index (κ3) is 2.66. The van der Waals surface area contributed by atoms with E-state index in [4.69, 9.17) is 10.5 Å². The molecule has 0 atom stereocenters. The number of alkyl halides is 6. The van der Waals surface area contributed by atoms with Crippen molar-refractivity contribution in [3.8, 4) is 12.1 Å². The van der Waals surface area contributed by atoms with Gasteiger partial charge in [-0.1, -0.05) is 0 Å². The van der Waals surface area contributed by atoms with Gasteiger partial charge in [0.05, 0.1) is 0 Å². The third-order valence-electron chi connectivity index (χ3n) is 1.04. The number of allylic oxidation sites excluding steroid dienone is 2. The average molecular weight is 214 g/mol. The van der Waals surface area contributed by atoms with Gasteiger partial charge in [0.2, 0.25) is 0 Å². The molecule has 0 spiro atoms. The van der Waals surface area contributed by atoms with Gasteiger partial charge in [-0.05, 0) is 0 Å². The van der Waals surface area contributed by atoms with Crippen molar-refractivity contribution in [2.45, 2.75) is 12.4 Å². The Balaban J connectivity index is 5.74. The molecule has 0 aromatic heterocycles. The summed E-state index contributed by atoms with van der Waals surface area (Å²) in [4.78, 5) is 0. The van der Waals surface area contributed by atoms with E-state index in [1.165, 1.54) is 0 Å². The standard InChI is InChI=1S/C6F6N2/c7-5(8,9)4(6(10,11)12)3(1-13)2-14. The first-order valence-corrected chi connectivity index (χ1v) is 2.83. The van der Waals surface area contributed by atoms with Crippen molar-refractivity contribution in [2.24, 2.45) is 0 Å². The Bertz CT molecular complexity index is 301. The van der Waals surface area contributed by atoms with Crippen LogP contribution >= 0.6 is 0 Å². The minimum atomic E-state index is -5.76. The fourth-order valence-electron chi connectivity index (χ4n) is 0.581. The summed E-state index contributed by atoms with van der Waals surface area (Å²) in [5.74, 6) is 0. The first kappa shape index (κ1) is 12.3. The minimum Gasteiger partial charge on any atom is -0.192 e. The smallest absolute Gasteiger partial charge is 0.192 e. The highest BCUT2D eigenvalue weighted by Gasteiger charge is 2.53. The Morgan fingerprint density at radius 2 is 1.07 bits per heavy atom. The molecule has 0 aliphatic rings. The molecule has 0 aliphatic heterocycles. The molecule has 0 aromatic rings. The zero-order chi connectivity index (χ0) is 11.6. The van der Waals surface area contributed by atoms with Gasteiger partial charge in [-0.25, -0.2) is 0 Å². The number of halogens is 6. The molecular weight excluding hydrogens is 214 g/mol. The number of nitriles is 2. The lowest BCUT2D eigenvalue weighted by atomic mass is 10.1. The lowest BCUT2D eigenvalue weighted by Gasteiger charge is -2.14. The summed E-state index contributed by atoms with van der Waals surface area (Å²) in [7, 11) is 0. The SMILES string of the molecule is N#CC(C#N)=C(C(F)(F)F)C(F)(F)F. The fraction of sp³-hybridized carbons (Fsp3) is 0.333. The van der Waals surface area contributed by atoms with Gasteiger partial charge in [0, 0.05) is 0 Å². The first-order chi connectivity index (χ1) is 6.14. The molecule has 0 aliphatic carbocycles. The molecular formula is C6F6N2. The molecule has 0 bridgehead atoms. The zero-order valence-electron chi connectivity index (χ0n) is 6.16. The summed E-state index contributed by atoms with van der Waals surface area (Å²) >= 11 is 0. The molecule has 0 aromatic carbocycles. The van der Waals surface area contributed by atoms with Gasteiger partial charge in [-0.3, -0.25) is 0 Å². The van der Waals surface area contributed by atoms with Crippen LogP contribution in [0.2, 0.25) is 0 Å². The maximum absolute atomic E-state index is 11.8. The van der Waals surface area contributed by atoms with Gasteiger partial charge >= 0.3 is 12.4 Å². The van der Waals surface area contributed by atoms with E-state index < -0.39 is 23.5 Å². The van der Waals surface area contributed by atoms with Crippen molar-refractivity contribution < 1.29 is 26.3 Å². The van der Waals surface area contributed by atoms with Crippen molar-refractivity contribution in [1.82, 2.24) is 0 Å². The van der Waals surface area contributed by atoms with Crippen LogP contribution < -0.4 is 0 Å². The Kier molecular flexibility index (Phi) is 3.15. The Morgan fingerprint density at radius 3 is 1.14 bits per heavy atom. The van der Waals surface area contributed by atoms with Gasteiger partial charge in [-0.15, -0.1) is 0 Å². The lowest BCUT2D eigenvalue weighted by molar-refractivity contribution is -0.172. The molecule has 0 amide bonds. The number of rotatable bonds is 0. The quantitative estimate of drug-likeness (QED) is 0.459. The Labute approximate surface area is 73.7 Å². The van der Waals surface area contributed by atoms with Crippen molar-refractivity contribution in [2.75, 3.05) is 0 Å². The van der Waals surface area contributed by atoms with Crippen LogP contribution in [0.5, 0.6) is 0 Å². The van der Waals surface area contributed by atoms with Crippen LogP contribution in [0, 0.1) is 22.7 Å². The van der Waals surface area contributed by atoms with Crippen LogP contribution in [-0.4, -0.2) is 12.4 Å². The van der Waals surface area contributed by atoms with Gasteiger partial charge in [-0.2, -0.15) is 36.9 Å². The van der Waals surface area contributed by atoms with E-state index >= 15 is 0 Å². The summed E-state index contributed by atoms with van der Waals surface area (Å²) in [6.45, 7) is 0. The minimum absolute atomic E-state index is 0.543.